The monoisotopic (exact) mass is 441 g/mol. The number of ether oxygens (including phenoxy) is 1. The van der Waals surface area contributed by atoms with Crippen LogP contribution in [0.2, 0.25) is 0 Å². The SMILES string of the molecule is O=C([C@@H](Sc1nnc(-c2ccccc2)c2ccccc12)c1ccccc1)N1CCOCC1. The van der Waals surface area contributed by atoms with Gasteiger partial charge < -0.3 is 9.64 Å². The molecule has 6 heteroatoms. The first kappa shape index (κ1) is 20.7. The summed E-state index contributed by atoms with van der Waals surface area (Å²) in [6.07, 6.45) is 0. The lowest BCUT2D eigenvalue weighted by Crippen LogP contribution is -2.42. The summed E-state index contributed by atoms with van der Waals surface area (Å²) >= 11 is 1.47. The second kappa shape index (κ2) is 9.51. The number of morpholine rings is 1. The van der Waals surface area contributed by atoms with Crippen LogP contribution in [0.5, 0.6) is 0 Å². The predicted octanol–water partition coefficient (Wildman–Crippen LogP) is 4.99. The third-order valence-corrected chi connectivity index (χ3v) is 6.81. The first-order valence-corrected chi connectivity index (χ1v) is 11.6. The molecule has 0 radical (unpaired) electrons. The lowest BCUT2D eigenvalue weighted by Gasteiger charge is -2.30. The van der Waals surface area contributed by atoms with Crippen LogP contribution in [-0.4, -0.2) is 47.3 Å². The van der Waals surface area contributed by atoms with Crippen LogP contribution in [-0.2, 0) is 9.53 Å². The number of hydrogen-bond acceptors (Lipinski definition) is 5. The smallest absolute Gasteiger partial charge is 0.240 e. The van der Waals surface area contributed by atoms with Crippen molar-refractivity contribution in [1.82, 2.24) is 15.1 Å². The number of thioether (sulfide) groups is 1. The van der Waals surface area contributed by atoms with Crippen LogP contribution in [0.25, 0.3) is 22.0 Å². The Kier molecular flexibility index (Phi) is 6.14. The van der Waals surface area contributed by atoms with Gasteiger partial charge in [0.1, 0.15) is 16.0 Å². The summed E-state index contributed by atoms with van der Waals surface area (Å²) in [6.45, 7) is 2.38. The van der Waals surface area contributed by atoms with E-state index < -0.39 is 5.25 Å². The molecule has 2 heterocycles. The third-order valence-electron chi connectivity index (χ3n) is 5.58. The molecule has 0 aliphatic carbocycles. The molecular weight excluding hydrogens is 418 g/mol. The van der Waals surface area contributed by atoms with Gasteiger partial charge in [-0.05, 0) is 5.56 Å². The number of carbonyl (C=O) groups is 1. The van der Waals surface area contributed by atoms with Crippen molar-refractivity contribution >= 4 is 28.4 Å². The summed E-state index contributed by atoms with van der Waals surface area (Å²) in [7, 11) is 0. The van der Waals surface area contributed by atoms with Crippen LogP contribution in [0.4, 0.5) is 0 Å². The predicted molar refractivity (Wildman–Crippen MR) is 127 cm³/mol. The van der Waals surface area contributed by atoms with Gasteiger partial charge in [-0.15, -0.1) is 10.2 Å². The topological polar surface area (TPSA) is 55.3 Å². The van der Waals surface area contributed by atoms with E-state index in [4.69, 9.17) is 4.74 Å². The van der Waals surface area contributed by atoms with E-state index in [0.717, 1.165) is 32.6 Å². The summed E-state index contributed by atoms with van der Waals surface area (Å²) in [5, 5.41) is 11.6. The van der Waals surface area contributed by atoms with Crippen LogP contribution >= 0.6 is 11.8 Å². The number of carbonyl (C=O) groups excluding carboxylic acids is 1. The van der Waals surface area contributed by atoms with Crippen molar-refractivity contribution in [3.63, 3.8) is 0 Å². The van der Waals surface area contributed by atoms with Crippen molar-refractivity contribution in [2.24, 2.45) is 0 Å². The Morgan fingerprint density at radius 3 is 2.16 bits per heavy atom. The number of aromatic nitrogens is 2. The minimum atomic E-state index is -0.394. The summed E-state index contributed by atoms with van der Waals surface area (Å²) in [5.41, 5.74) is 2.84. The molecule has 1 amide bonds. The first-order valence-electron chi connectivity index (χ1n) is 10.7. The van der Waals surface area contributed by atoms with Gasteiger partial charge in [0.15, 0.2) is 0 Å². The fraction of sp³-hybridized carbons (Fsp3) is 0.192. The molecule has 0 N–H and O–H groups in total. The van der Waals surface area contributed by atoms with Crippen LogP contribution in [0.15, 0.2) is 90.0 Å². The van der Waals surface area contributed by atoms with Crippen LogP contribution in [0.3, 0.4) is 0 Å². The van der Waals surface area contributed by atoms with E-state index in [1.54, 1.807) is 0 Å². The molecule has 1 atom stereocenters. The normalized spacial score (nSPS) is 14.9. The first-order chi connectivity index (χ1) is 15.8. The number of rotatable bonds is 5. The van der Waals surface area contributed by atoms with Crippen molar-refractivity contribution in [1.29, 1.82) is 0 Å². The Balaban J connectivity index is 1.55. The minimum Gasteiger partial charge on any atom is -0.378 e. The summed E-state index contributed by atoms with van der Waals surface area (Å²) < 4.78 is 5.44. The van der Waals surface area contributed by atoms with E-state index in [0.29, 0.717) is 26.3 Å². The van der Waals surface area contributed by atoms with Crippen molar-refractivity contribution in [3.8, 4) is 11.3 Å². The zero-order chi connectivity index (χ0) is 21.8. The Labute approximate surface area is 191 Å². The molecule has 1 aliphatic rings. The number of hydrogen-bond donors (Lipinski definition) is 0. The Morgan fingerprint density at radius 1 is 0.812 bits per heavy atom. The van der Waals surface area contributed by atoms with E-state index in [-0.39, 0.29) is 5.91 Å². The molecule has 1 aliphatic heterocycles. The maximum absolute atomic E-state index is 13.5. The number of amides is 1. The van der Waals surface area contributed by atoms with Crippen LogP contribution in [0, 0.1) is 0 Å². The molecule has 3 aromatic carbocycles. The Bertz CT molecular complexity index is 1210. The molecule has 32 heavy (non-hydrogen) atoms. The average molecular weight is 442 g/mol. The van der Waals surface area contributed by atoms with Gasteiger partial charge in [-0.3, -0.25) is 4.79 Å². The molecule has 1 saturated heterocycles. The molecular formula is C26H23N3O2S. The fourth-order valence-electron chi connectivity index (χ4n) is 3.93. The maximum Gasteiger partial charge on any atom is 0.240 e. The fourth-order valence-corrected chi connectivity index (χ4v) is 5.08. The van der Waals surface area contributed by atoms with E-state index >= 15 is 0 Å². The van der Waals surface area contributed by atoms with E-state index in [1.165, 1.54) is 11.8 Å². The lowest BCUT2D eigenvalue weighted by atomic mass is 10.1. The van der Waals surface area contributed by atoms with Gasteiger partial charge >= 0.3 is 0 Å². The quantitative estimate of drug-likeness (QED) is 0.409. The standard InChI is InChI=1S/C26H23N3O2S/c30-26(29-15-17-31-18-16-29)24(20-11-5-2-6-12-20)32-25-22-14-8-7-13-21(22)23(27-28-25)19-9-3-1-4-10-19/h1-14,24H,15-18H2/t24-/m0/s1. The van der Waals surface area contributed by atoms with Gasteiger partial charge in [0.25, 0.3) is 0 Å². The molecule has 5 nitrogen and oxygen atoms in total. The molecule has 1 fully saturated rings. The van der Waals surface area contributed by atoms with Crippen molar-refractivity contribution in [2.45, 2.75) is 10.3 Å². The van der Waals surface area contributed by atoms with E-state index in [1.807, 2.05) is 77.7 Å². The van der Waals surface area contributed by atoms with E-state index in [2.05, 4.69) is 22.3 Å². The Hall–Kier alpha value is -3.22. The van der Waals surface area contributed by atoms with Crippen molar-refractivity contribution in [2.75, 3.05) is 26.3 Å². The minimum absolute atomic E-state index is 0.0857. The zero-order valence-corrected chi connectivity index (χ0v) is 18.4. The molecule has 0 spiro atoms. The zero-order valence-electron chi connectivity index (χ0n) is 17.6. The van der Waals surface area contributed by atoms with E-state index in [9.17, 15) is 4.79 Å². The highest BCUT2D eigenvalue weighted by Gasteiger charge is 2.29. The molecule has 5 rings (SSSR count). The van der Waals surface area contributed by atoms with Crippen LogP contribution in [0.1, 0.15) is 10.8 Å². The highest BCUT2D eigenvalue weighted by molar-refractivity contribution is 8.00. The number of nitrogens with zero attached hydrogens (tertiary/aromatic N) is 3. The second-order valence-electron chi connectivity index (χ2n) is 7.61. The van der Waals surface area contributed by atoms with Gasteiger partial charge in [-0.25, -0.2) is 0 Å². The summed E-state index contributed by atoms with van der Waals surface area (Å²) in [6, 6.07) is 28.1. The van der Waals surface area contributed by atoms with Gasteiger partial charge in [-0.2, -0.15) is 0 Å². The van der Waals surface area contributed by atoms with Gasteiger partial charge in [0, 0.05) is 29.4 Å². The molecule has 1 aromatic heterocycles. The largest absolute Gasteiger partial charge is 0.378 e. The number of benzene rings is 3. The Morgan fingerprint density at radius 2 is 1.44 bits per heavy atom. The van der Waals surface area contributed by atoms with Gasteiger partial charge in [0.05, 0.1) is 13.2 Å². The molecule has 0 saturated carbocycles. The molecule has 0 unspecified atom stereocenters. The summed E-state index contributed by atoms with van der Waals surface area (Å²) in [5.74, 6) is 0.0857. The summed E-state index contributed by atoms with van der Waals surface area (Å²) in [4.78, 5) is 15.4. The van der Waals surface area contributed by atoms with Gasteiger partial charge in [-0.1, -0.05) is 96.7 Å². The third kappa shape index (κ3) is 4.24. The van der Waals surface area contributed by atoms with Crippen molar-refractivity contribution < 1.29 is 9.53 Å². The molecule has 4 aromatic rings. The maximum atomic E-state index is 13.5. The highest BCUT2D eigenvalue weighted by Crippen LogP contribution is 2.40. The molecule has 0 bridgehead atoms. The second-order valence-corrected chi connectivity index (χ2v) is 8.71. The van der Waals surface area contributed by atoms with Crippen LogP contribution < -0.4 is 0 Å². The van der Waals surface area contributed by atoms with Crippen molar-refractivity contribution in [3.05, 3.63) is 90.5 Å². The average Bonchev–Trinajstić information content (AvgIpc) is 2.88. The lowest BCUT2D eigenvalue weighted by molar-refractivity contribution is -0.134. The number of fused-ring (bicyclic) bond motifs is 1. The van der Waals surface area contributed by atoms with Gasteiger partial charge in [0.2, 0.25) is 5.91 Å². The highest BCUT2D eigenvalue weighted by atomic mass is 32.2. The molecule has 160 valence electrons.